The summed E-state index contributed by atoms with van der Waals surface area (Å²) in [6.07, 6.45) is 5.58. The van der Waals surface area contributed by atoms with E-state index in [1.165, 1.54) is 36.0 Å². The summed E-state index contributed by atoms with van der Waals surface area (Å²) in [7, 11) is 2.14. The van der Waals surface area contributed by atoms with Crippen molar-refractivity contribution in [3.63, 3.8) is 0 Å². The van der Waals surface area contributed by atoms with Gasteiger partial charge in [0, 0.05) is 12.7 Å². The minimum absolute atomic E-state index is 0.821. The maximum atomic E-state index is 3.53. The van der Waals surface area contributed by atoms with Crippen LogP contribution in [0.4, 0.5) is 0 Å². The third-order valence-electron chi connectivity index (χ3n) is 2.87. The Bertz CT molecular complexity index is 271. The smallest absolute Gasteiger partial charge is 0.0846 e. The molecule has 12 heavy (non-hydrogen) atoms. The van der Waals surface area contributed by atoms with E-state index >= 15 is 0 Å². The summed E-state index contributed by atoms with van der Waals surface area (Å²) >= 11 is 3.53. The van der Waals surface area contributed by atoms with Gasteiger partial charge in [0.1, 0.15) is 0 Å². The van der Waals surface area contributed by atoms with Crippen molar-refractivity contribution in [2.75, 3.05) is 0 Å². The fourth-order valence-electron chi connectivity index (χ4n) is 2.13. The minimum Gasteiger partial charge on any atom is -0.342 e. The van der Waals surface area contributed by atoms with Gasteiger partial charge >= 0.3 is 0 Å². The molecule has 2 rings (SSSR count). The lowest BCUT2D eigenvalue weighted by atomic mass is 10.0. The van der Waals surface area contributed by atoms with Gasteiger partial charge in [0.2, 0.25) is 0 Å². The molecule has 1 saturated carbocycles. The first-order valence-electron chi connectivity index (χ1n) is 4.60. The first-order valence-corrected chi connectivity index (χ1v) is 5.39. The molecule has 1 aromatic rings. The van der Waals surface area contributed by atoms with Gasteiger partial charge in [0.05, 0.1) is 4.60 Å². The molecule has 0 saturated heterocycles. The molecule has 1 aromatic heterocycles. The number of rotatable bonds is 1. The van der Waals surface area contributed by atoms with E-state index in [4.69, 9.17) is 0 Å². The fourth-order valence-corrected chi connectivity index (χ4v) is 2.47. The average Bonchev–Trinajstić information content (AvgIpc) is 2.64. The Labute approximate surface area is 81.9 Å². The van der Waals surface area contributed by atoms with Crippen LogP contribution in [-0.4, -0.2) is 4.57 Å². The first kappa shape index (κ1) is 8.36. The summed E-state index contributed by atoms with van der Waals surface area (Å²) < 4.78 is 3.46. The third kappa shape index (κ3) is 1.33. The molecular weight excluding hydrogens is 214 g/mol. The molecule has 0 amide bonds. The maximum absolute atomic E-state index is 3.53. The SMILES string of the molecule is Cn1c(Br)ccc1C1CCCC1. The zero-order valence-corrected chi connectivity index (χ0v) is 8.97. The van der Waals surface area contributed by atoms with Gasteiger partial charge in [-0.15, -0.1) is 0 Å². The number of hydrogen-bond donors (Lipinski definition) is 0. The van der Waals surface area contributed by atoms with Crippen LogP contribution in [-0.2, 0) is 7.05 Å². The van der Waals surface area contributed by atoms with Gasteiger partial charge < -0.3 is 4.57 Å². The van der Waals surface area contributed by atoms with Gasteiger partial charge in [-0.2, -0.15) is 0 Å². The van der Waals surface area contributed by atoms with Crippen LogP contribution < -0.4 is 0 Å². The molecule has 0 spiro atoms. The summed E-state index contributed by atoms with van der Waals surface area (Å²) in [5, 5.41) is 0. The number of nitrogens with zero attached hydrogens (tertiary/aromatic N) is 1. The van der Waals surface area contributed by atoms with Crippen molar-refractivity contribution >= 4 is 15.9 Å². The topological polar surface area (TPSA) is 4.93 Å². The van der Waals surface area contributed by atoms with Gasteiger partial charge in [0.25, 0.3) is 0 Å². The van der Waals surface area contributed by atoms with Crippen LogP contribution >= 0.6 is 15.9 Å². The predicted molar refractivity (Wildman–Crippen MR) is 54.3 cm³/mol. The van der Waals surface area contributed by atoms with Gasteiger partial charge in [-0.05, 0) is 46.8 Å². The van der Waals surface area contributed by atoms with Gasteiger partial charge in [0.15, 0.2) is 0 Å². The molecule has 0 aromatic carbocycles. The van der Waals surface area contributed by atoms with Gasteiger partial charge in [-0.1, -0.05) is 12.8 Å². The number of halogens is 1. The van der Waals surface area contributed by atoms with E-state index in [1.54, 1.807) is 0 Å². The van der Waals surface area contributed by atoms with Crippen molar-refractivity contribution in [1.29, 1.82) is 0 Å². The third-order valence-corrected chi connectivity index (χ3v) is 3.67. The molecule has 0 unspecified atom stereocenters. The molecule has 2 heteroatoms. The molecule has 0 bridgehead atoms. The molecule has 1 aliphatic rings. The maximum Gasteiger partial charge on any atom is 0.0846 e. The second kappa shape index (κ2) is 3.25. The Balaban J connectivity index is 2.26. The Hall–Kier alpha value is -0.240. The summed E-state index contributed by atoms with van der Waals surface area (Å²) in [6, 6.07) is 4.40. The van der Waals surface area contributed by atoms with Gasteiger partial charge in [-0.3, -0.25) is 0 Å². The van der Waals surface area contributed by atoms with Crippen molar-refractivity contribution < 1.29 is 0 Å². The highest BCUT2D eigenvalue weighted by atomic mass is 79.9. The monoisotopic (exact) mass is 227 g/mol. The zero-order valence-electron chi connectivity index (χ0n) is 7.39. The van der Waals surface area contributed by atoms with Crippen LogP contribution in [0.15, 0.2) is 16.7 Å². The lowest BCUT2D eigenvalue weighted by Gasteiger charge is -2.10. The normalized spacial score (nSPS) is 18.8. The van der Waals surface area contributed by atoms with Crippen molar-refractivity contribution in [3.8, 4) is 0 Å². The van der Waals surface area contributed by atoms with E-state index in [-0.39, 0.29) is 0 Å². The summed E-state index contributed by atoms with van der Waals surface area (Å²) in [6.45, 7) is 0. The van der Waals surface area contributed by atoms with Crippen molar-refractivity contribution in [2.24, 2.45) is 7.05 Å². The highest BCUT2D eigenvalue weighted by Gasteiger charge is 2.19. The summed E-state index contributed by atoms with van der Waals surface area (Å²) in [4.78, 5) is 0. The van der Waals surface area contributed by atoms with Crippen LogP contribution in [0.2, 0.25) is 0 Å². The number of aromatic nitrogens is 1. The van der Waals surface area contributed by atoms with Crippen LogP contribution in [0.25, 0.3) is 0 Å². The van der Waals surface area contributed by atoms with Crippen molar-refractivity contribution in [3.05, 3.63) is 22.4 Å². The second-order valence-corrected chi connectivity index (χ2v) is 4.43. The second-order valence-electron chi connectivity index (χ2n) is 3.62. The molecular formula is C10H14BrN. The Morgan fingerprint density at radius 3 is 2.50 bits per heavy atom. The highest BCUT2D eigenvalue weighted by molar-refractivity contribution is 9.10. The zero-order chi connectivity index (χ0) is 8.55. The molecule has 0 atom stereocenters. The fraction of sp³-hybridized carbons (Fsp3) is 0.600. The van der Waals surface area contributed by atoms with Crippen LogP contribution in [0.5, 0.6) is 0 Å². The molecule has 1 fully saturated rings. The first-order chi connectivity index (χ1) is 5.79. The van der Waals surface area contributed by atoms with E-state index in [0.717, 1.165) is 5.92 Å². The van der Waals surface area contributed by atoms with Crippen LogP contribution in [0.3, 0.4) is 0 Å². The Morgan fingerprint density at radius 1 is 1.33 bits per heavy atom. The highest BCUT2D eigenvalue weighted by Crippen LogP contribution is 2.35. The van der Waals surface area contributed by atoms with E-state index in [1.807, 2.05) is 0 Å². The lowest BCUT2D eigenvalue weighted by Crippen LogP contribution is -2.00. The van der Waals surface area contributed by atoms with Gasteiger partial charge in [-0.25, -0.2) is 0 Å². The lowest BCUT2D eigenvalue weighted by molar-refractivity contribution is 0.651. The summed E-state index contributed by atoms with van der Waals surface area (Å²) in [5.74, 6) is 0.821. The van der Waals surface area contributed by atoms with Crippen molar-refractivity contribution in [1.82, 2.24) is 4.57 Å². The number of hydrogen-bond acceptors (Lipinski definition) is 0. The quantitative estimate of drug-likeness (QED) is 0.693. The van der Waals surface area contributed by atoms with Crippen LogP contribution in [0.1, 0.15) is 37.3 Å². The molecule has 66 valence electrons. The standard InChI is InChI=1S/C10H14BrN/c1-12-9(6-7-10(12)11)8-4-2-3-5-8/h6-8H,2-5H2,1H3. The Kier molecular flexibility index (Phi) is 2.26. The average molecular weight is 228 g/mol. The molecule has 1 aliphatic carbocycles. The summed E-state index contributed by atoms with van der Waals surface area (Å²) in [5.41, 5.74) is 1.50. The van der Waals surface area contributed by atoms with E-state index in [2.05, 4.69) is 39.7 Å². The van der Waals surface area contributed by atoms with E-state index in [9.17, 15) is 0 Å². The molecule has 1 nitrogen and oxygen atoms in total. The van der Waals surface area contributed by atoms with Crippen LogP contribution in [0, 0.1) is 0 Å². The molecule has 0 N–H and O–H groups in total. The Morgan fingerprint density at radius 2 is 2.00 bits per heavy atom. The molecule has 1 heterocycles. The predicted octanol–water partition coefficient (Wildman–Crippen LogP) is 3.45. The van der Waals surface area contributed by atoms with E-state index in [0.29, 0.717) is 0 Å². The van der Waals surface area contributed by atoms with Crippen molar-refractivity contribution in [2.45, 2.75) is 31.6 Å². The molecule has 0 radical (unpaired) electrons. The molecule has 0 aliphatic heterocycles. The largest absolute Gasteiger partial charge is 0.342 e. The van der Waals surface area contributed by atoms with E-state index < -0.39 is 0 Å². The minimum atomic E-state index is 0.821.